The van der Waals surface area contributed by atoms with Gasteiger partial charge in [-0.1, -0.05) is 42.5 Å². The molecule has 168 valence electrons. The molecule has 1 amide bonds. The maximum absolute atomic E-state index is 12.4. The number of amides is 1. The van der Waals surface area contributed by atoms with Crippen LogP contribution in [0.1, 0.15) is 42.5 Å². The first-order chi connectivity index (χ1) is 15.2. The molecule has 0 saturated carbocycles. The van der Waals surface area contributed by atoms with Gasteiger partial charge in [-0.25, -0.2) is 4.98 Å². The van der Waals surface area contributed by atoms with E-state index in [0.717, 1.165) is 28.6 Å². The fourth-order valence-electron chi connectivity index (χ4n) is 3.31. The molecule has 0 bridgehead atoms. The molecule has 0 spiro atoms. The van der Waals surface area contributed by atoms with E-state index >= 15 is 0 Å². The second-order valence-electron chi connectivity index (χ2n) is 8.77. The molecule has 3 rings (SSSR count). The number of carbonyl (C=O) groups is 1. The van der Waals surface area contributed by atoms with Crippen LogP contribution in [0.2, 0.25) is 0 Å². The maximum atomic E-state index is 12.4. The number of nitrogens with one attached hydrogen (secondary N) is 3. The summed E-state index contributed by atoms with van der Waals surface area (Å²) in [4.78, 5) is 26.7. The van der Waals surface area contributed by atoms with Gasteiger partial charge in [0, 0.05) is 31.7 Å². The average molecular weight is 433 g/mol. The lowest BCUT2D eigenvalue weighted by molar-refractivity contribution is 0.0919. The Morgan fingerprint density at radius 2 is 1.88 bits per heavy atom. The minimum absolute atomic E-state index is 0.0760. The number of rotatable bonds is 6. The quantitative estimate of drug-likeness (QED) is 0.408. The Morgan fingerprint density at radius 1 is 1.12 bits per heavy atom. The highest BCUT2D eigenvalue weighted by Gasteiger charge is 2.15. The van der Waals surface area contributed by atoms with E-state index in [0.29, 0.717) is 18.7 Å². The third-order valence-electron chi connectivity index (χ3n) is 4.80. The van der Waals surface area contributed by atoms with Gasteiger partial charge in [-0.15, -0.1) is 0 Å². The van der Waals surface area contributed by atoms with Crippen molar-refractivity contribution in [2.24, 2.45) is 4.99 Å². The summed E-state index contributed by atoms with van der Waals surface area (Å²) in [5.74, 6) is 1.52. The lowest BCUT2D eigenvalue weighted by Gasteiger charge is -2.22. The second kappa shape index (κ2) is 10.1. The van der Waals surface area contributed by atoms with Crippen molar-refractivity contribution in [3.63, 3.8) is 0 Å². The van der Waals surface area contributed by atoms with Gasteiger partial charge < -0.3 is 20.5 Å². The van der Waals surface area contributed by atoms with E-state index in [1.165, 1.54) is 0 Å². The van der Waals surface area contributed by atoms with Gasteiger partial charge in [0.15, 0.2) is 5.96 Å². The number of aromatic amines is 1. The highest BCUT2D eigenvalue weighted by atomic mass is 16.1. The largest absolute Gasteiger partial charge is 0.352 e. The number of nitrogens with zero attached hydrogens (tertiary/aromatic N) is 3. The van der Waals surface area contributed by atoms with Crippen LogP contribution < -0.4 is 10.6 Å². The van der Waals surface area contributed by atoms with E-state index in [9.17, 15) is 4.79 Å². The number of hydrogen-bond acceptors (Lipinski definition) is 3. The van der Waals surface area contributed by atoms with Gasteiger partial charge >= 0.3 is 0 Å². The minimum atomic E-state index is -0.275. The number of aliphatic imine (C=N–C) groups is 1. The first kappa shape index (κ1) is 23.1. The van der Waals surface area contributed by atoms with E-state index in [-0.39, 0.29) is 11.4 Å². The molecule has 0 aliphatic heterocycles. The van der Waals surface area contributed by atoms with Gasteiger partial charge in [0.1, 0.15) is 5.82 Å². The summed E-state index contributed by atoms with van der Waals surface area (Å²) in [5, 5.41) is 6.36. The number of hydrogen-bond donors (Lipinski definition) is 3. The van der Waals surface area contributed by atoms with Gasteiger partial charge in [0.25, 0.3) is 5.91 Å². The fraction of sp³-hybridized carbons (Fsp3) is 0.320. The van der Waals surface area contributed by atoms with Gasteiger partial charge in [-0.05, 0) is 44.0 Å². The molecule has 0 aliphatic carbocycles. The molecule has 0 saturated heterocycles. The normalized spacial score (nSPS) is 11.8. The van der Waals surface area contributed by atoms with E-state index in [4.69, 9.17) is 0 Å². The number of aromatic nitrogens is 2. The maximum Gasteiger partial charge on any atom is 0.251 e. The molecule has 32 heavy (non-hydrogen) atoms. The van der Waals surface area contributed by atoms with Crippen molar-refractivity contribution in [3.05, 3.63) is 77.7 Å². The van der Waals surface area contributed by atoms with Crippen LogP contribution in [0.25, 0.3) is 11.3 Å². The second-order valence-corrected chi connectivity index (χ2v) is 8.77. The van der Waals surface area contributed by atoms with Crippen molar-refractivity contribution in [1.29, 1.82) is 0 Å². The molecule has 0 radical (unpaired) electrons. The van der Waals surface area contributed by atoms with Crippen LogP contribution >= 0.6 is 0 Å². The lowest BCUT2D eigenvalue weighted by atomic mass is 10.1. The van der Waals surface area contributed by atoms with Crippen LogP contribution in [0.3, 0.4) is 0 Å². The van der Waals surface area contributed by atoms with Crippen LogP contribution in [-0.4, -0.2) is 46.4 Å². The van der Waals surface area contributed by atoms with Crippen molar-refractivity contribution in [2.75, 3.05) is 14.1 Å². The first-order valence-electron chi connectivity index (χ1n) is 10.7. The summed E-state index contributed by atoms with van der Waals surface area (Å²) < 4.78 is 0. The molecule has 3 aromatic rings. The molecular weight excluding hydrogens is 400 g/mol. The topological polar surface area (TPSA) is 85.4 Å². The van der Waals surface area contributed by atoms with Crippen molar-refractivity contribution in [2.45, 2.75) is 39.4 Å². The van der Waals surface area contributed by atoms with E-state index in [1.54, 1.807) is 7.05 Å². The Kier molecular flexibility index (Phi) is 7.30. The zero-order chi connectivity index (χ0) is 23.1. The molecule has 0 unspecified atom stereocenters. The Bertz CT molecular complexity index is 1070. The zero-order valence-electron chi connectivity index (χ0n) is 19.4. The van der Waals surface area contributed by atoms with Crippen LogP contribution in [0.15, 0.2) is 65.8 Å². The molecule has 0 atom stereocenters. The summed E-state index contributed by atoms with van der Waals surface area (Å²) in [6.07, 6.45) is 1.85. The third-order valence-corrected chi connectivity index (χ3v) is 4.80. The Morgan fingerprint density at radius 3 is 2.56 bits per heavy atom. The average Bonchev–Trinajstić information content (AvgIpc) is 3.22. The highest BCUT2D eigenvalue weighted by Crippen LogP contribution is 2.16. The smallest absolute Gasteiger partial charge is 0.251 e. The summed E-state index contributed by atoms with van der Waals surface area (Å²) in [7, 11) is 3.72. The first-order valence-corrected chi connectivity index (χ1v) is 10.7. The standard InChI is InChI=1S/C25H32N6O/c1-25(2,3)30-23(32)20-13-9-10-18(14-20)15-28-24(26-4)31(5)17-22-27-16-21(29-22)19-11-7-6-8-12-19/h6-14,16H,15,17H2,1-5H3,(H,26,28)(H,27,29)(H,30,32). The molecule has 0 fully saturated rings. The van der Waals surface area contributed by atoms with Crippen molar-refractivity contribution in [3.8, 4) is 11.3 Å². The number of H-pyrrole nitrogens is 1. The highest BCUT2D eigenvalue weighted by molar-refractivity contribution is 5.94. The third kappa shape index (κ3) is 6.44. The van der Waals surface area contributed by atoms with Crippen LogP contribution in [0, 0.1) is 0 Å². The zero-order valence-corrected chi connectivity index (χ0v) is 19.4. The van der Waals surface area contributed by atoms with E-state index in [1.807, 2.05) is 81.4 Å². The molecule has 1 heterocycles. The Labute approximate surface area is 190 Å². The molecular formula is C25H32N6O. The van der Waals surface area contributed by atoms with Gasteiger partial charge in [-0.2, -0.15) is 0 Å². The number of guanidine groups is 1. The van der Waals surface area contributed by atoms with Crippen LogP contribution in [0.5, 0.6) is 0 Å². The lowest BCUT2D eigenvalue weighted by Crippen LogP contribution is -2.40. The monoisotopic (exact) mass is 432 g/mol. The molecule has 3 N–H and O–H groups in total. The summed E-state index contributed by atoms with van der Waals surface area (Å²) in [5.41, 5.74) is 3.47. The van der Waals surface area contributed by atoms with Gasteiger partial charge in [0.05, 0.1) is 18.4 Å². The number of carbonyl (C=O) groups excluding carboxylic acids is 1. The predicted octanol–water partition coefficient (Wildman–Crippen LogP) is 3.81. The van der Waals surface area contributed by atoms with Gasteiger partial charge in [0.2, 0.25) is 0 Å². The summed E-state index contributed by atoms with van der Waals surface area (Å²) >= 11 is 0. The molecule has 1 aromatic heterocycles. The van der Waals surface area contributed by atoms with E-state index < -0.39 is 0 Å². The molecule has 2 aromatic carbocycles. The molecule has 7 heteroatoms. The van der Waals surface area contributed by atoms with Gasteiger partial charge in [-0.3, -0.25) is 9.79 Å². The number of benzene rings is 2. The Hall–Kier alpha value is -3.61. The SMILES string of the molecule is CN=C(NCc1cccc(C(=O)NC(C)(C)C)c1)N(C)Cc1ncc(-c2ccccc2)[nH]1. The minimum Gasteiger partial charge on any atom is -0.352 e. The van der Waals surface area contributed by atoms with Crippen LogP contribution in [0.4, 0.5) is 0 Å². The molecule has 7 nitrogen and oxygen atoms in total. The van der Waals surface area contributed by atoms with Crippen molar-refractivity contribution in [1.82, 2.24) is 25.5 Å². The van der Waals surface area contributed by atoms with Crippen molar-refractivity contribution < 1.29 is 4.79 Å². The summed E-state index contributed by atoms with van der Waals surface area (Å²) in [6, 6.07) is 17.7. The molecule has 0 aliphatic rings. The fourth-order valence-corrected chi connectivity index (χ4v) is 3.31. The number of imidazole rings is 1. The van der Waals surface area contributed by atoms with Crippen molar-refractivity contribution >= 4 is 11.9 Å². The predicted molar refractivity (Wildman–Crippen MR) is 129 cm³/mol. The Balaban J connectivity index is 1.59. The summed E-state index contributed by atoms with van der Waals surface area (Å²) in [6.45, 7) is 7.05. The van der Waals surface area contributed by atoms with Crippen LogP contribution in [-0.2, 0) is 13.1 Å². The van der Waals surface area contributed by atoms with E-state index in [2.05, 4.69) is 37.7 Å².